The molecule has 104 valence electrons. The number of hydrogen-bond acceptors (Lipinski definition) is 1. The summed E-state index contributed by atoms with van der Waals surface area (Å²) in [6, 6.07) is 14.2. The van der Waals surface area contributed by atoms with E-state index in [4.69, 9.17) is 0 Å². The van der Waals surface area contributed by atoms with E-state index >= 15 is 0 Å². The first-order valence-corrected chi connectivity index (χ1v) is 7.15. The minimum Gasteiger partial charge on any atom is -0.351 e. The Morgan fingerprint density at radius 3 is 2.60 bits per heavy atom. The van der Waals surface area contributed by atoms with Crippen molar-refractivity contribution in [3.8, 4) is 0 Å². The van der Waals surface area contributed by atoms with Gasteiger partial charge in [0.1, 0.15) is 5.82 Å². The molecule has 0 heterocycles. The lowest BCUT2D eigenvalue weighted by Gasteiger charge is -2.13. The fourth-order valence-electron chi connectivity index (χ4n) is 1.88. The molecule has 2 aromatic rings. The van der Waals surface area contributed by atoms with Gasteiger partial charge in [0.05, 0.1) is 4.47 Å². The molecule has 0 aliphatic rings. The molecule has 20 heavy (non-hydrogen) atoms. The molecule has 2 aromatic carbocycles. The van der Waals surface area contributed by atoms with Crippen LogP contribution in [0.5, 0.6) is 0 Å². The Labute approximate surface area is 126 Å². The van der Waals surface area contributed by atoms with Crippen molar-refractivity contribution in [1.82, 2.24) is 5.32 Å². The van der Waals surface area contributed by atoms with Gasteiger partial charge < -0.3 is 5.32 Å². The molecule has 0 aliphatic carbocycles. The molecule has 1 N–H and O–H groups in total. The predicted molar refractivity (Wildman–Crippen MR) is 81.3 cm³/mol. The standard InChI is InChI=1S/C16H15BrFNO/c1-11(12-5-3-2-4-6-12)10-19-16(20)13-7-8-15(18)14(17)9-13/h2-9,11H,10H2,1H3,(H,19,20). The summed E-state index contributed by atoms with van der Waals surface area (Å²) in [5.74, 6) is -0.350. The van der Waals surface area contributed by atoms with Gasteiger partial charge in [-0.05, 0) is 45.6 Å². The van der Waals surface area contributed by atoms with Crippen LogP contribution in [0.1, 0.15) is 28.8 Å². The third-order valence-corrected chi connectivity index (χ3v) is 3.73. The number of benzene rings is 2. The van der Waals surface area contributed by atoms with Crippen LogP contribution >= 0.6 is 15.9 Å². The first-order valence-electron chi connectivity index (χ1n) is 6.36. The summed E-state index contributed by atoms with van der Waals surface area (Å²) in [6.07, 6.45) is 0. The molecule has 2 rings (SSSR count). The summed E-state index contributed by atoms with van der Waals surface area (Å²) < 4.78 is 13.4. The second kappa shape index (κ2) is 6.66. The number of halogens is 2. The molecule has 1 amide bonds. The third-order valence-electron chi connectivity index (χ3n) is 3.12. The van der Waals surface area contributed by atoms with Crippen molar-refractivity contribution in [2.45, 2.75) is 12.8 Å². The first-order chi connectivity index (χ1) is 9.58. The Bertz CT molecular complexity index is 601. The van der Waals surface area contributed by atoms with Crippen molar-refractivity contribution in [1.29, 1.82) is 0 Å². The monoisotopic (exact) mass is 335 g/mol. The van der Waals surface area contributed by atoms with E-state index in [2.05, 4.69) is 28.2 Å². The van der Waals surface area contributed by atoms with Gasteiger partial charge in [0.2, 0.25) is 0 Å². The third kappa shape index (κ3) is 3.67. The van der Waals surface area contributed by atoms with E-state index in [-0.39, 0.29) is 17.6 Å². The normalized spacial score (nSPS) is 11.9. The topological polar surface area (TPSA) is 29.1 Å². The second-order valence-electron chi connectivity index (χ2n) is 4.65. The number of carbonyl (C=O) groups is 1. The number of amides is 1. The minimum atomic E-state index is -0.376. The lowest BCUT2D eigenvalue weighted by Crippen LogP contribution is -2.27. The quantitative estimate of drug-likeness (QED) is 0.894. The second-order valence-corrected chi connectivity index (χ2v) is 5.50. The van der Waals surface area contributed by atoms with Crippen molar-refractivity contribution in [3.05, 3.63) is 69.9 Å². The van der Waals surface area contributed by atoms with Crippen molar-refractivity contribution in [2.75, 3.05) is 6.54 Å². The minimum absolute atomic E-state index is 0.200. The summed E-state index contributed by atoms with van der Waals surface area (Å²) in [5, 5.41) is 2.86. The summed E-state index contributed by atoms with van der Waals surface area (Å²) >= 11 is 3.08. The Kier molecular flexibility index (Phi) is 4.90. The molecule has 0 radical (unpaired) electrons. The van der Waals surface area contributed by atoms with Gasteiger partial charge in [-0.15, -0.1) is 0 Å². The summed E-state index contributed by atoms with van der Waals surface area (Å²) in [7, 11) is 0. The fourth-order valence-corrected chi connectivity index (χ4v) is 2.26. The van der Waals surface area contributed by atoms with Crippen LogP contribution in [0.2, 0.25) is 0 Å². The van der Waals surface area contributed by atoms with Crippen molar-refractivity contribution < 1.29 is 9.18 Å². The molecule has 0 fully saturated rings. The maximum absolute atomic E-state index is 13.1. The van der Waals surface area contributed by atoms with Crippen molar-refractivity contribution in [3.63, 3.8) is 0 Å². The molecule has 1 unspecified atom stereocenters. The molecule has 0 saturated carbocycles. The molecule has 0 aliphatic heterocycles. The van der Waals surface area contributed by atoms with Crippen LogP contribution in [0.25, 0.3) is 0 Å². The highest BCUT2D eigenvalue weighted by molar-refractivity contribution is 9.10. The molecular formula is C16H15BrFNO. The van der Waals surface area contributed by atoms with Gasteiger partial charge in [0.25, 0.3) is 5.91 Å². The number of nitrogens with one attached hydrogen (secondary N) is 1. The van der Waals surface area contributed by atoms with E-state index in [9.17, 15) is 9.18 Å². The number of rotatable bonds is 4. The van der Waals surface area contributed by atoms with Crippen LogP contribution in [-0.2, 0) is 0 Å². The van der Waals surface area contributed by atoms with Gasteiger partial charge in [-0.25, -0.2) is 4.39 Å². The van der Waals surface area contributed by atoms with E-state index in [1.165, 1.54) is 23.8 Å². The van der Waals surface area contributed by atoms with E-state index < -0.39 is 0 Å². The lowest BCUT2D eigenvalue weighted by molar-refractivity contribution is 0.0951. The number of carbonyl (C=O) groups excluding carboxylic acids is 1. The summed E-state index contributed by atoms with van der Waals surface area (Å²) in [5.41, 5.74) is 1.62. The molecule has 0 bridgehead atoms. The van der Waals surface area contributed by atoms with Crippen LogP contribution < -0.4 is 5.32 Å². The fraction of sp³-hybridized carbons (Fsp3) is 0.188. The Balaban J connectivity index is 1.97. The Morgan fingerprint density at radius 2 is 1.95 bits per heavy atom. The van der Waals surface area contributed by atoms with E-state index in [0.29, 0.717) is 16.6 Å². The largest absolute Gasteiger partial charge is 0.351 e. The Morgan fingerprint density at radius 1 is 1.25 bits per heavy atom. The summed E-state index contributed by atoms with van der Waals surface area (Å²) in [6.45, 7) is 2.59. The van der Waals surface area contributed by atoms with Crippen LogP contribution in [0, 0.1) is 5.82 Å². The molecule has 1 atom stereocenters. The summed E-state index contributed by atoms with van der Waals surface area (Å²) in [4.78, 5) is 12.0. The molecule has 4 heteroatoms. The maximum Gasteiger partial charge on any atom is 0.251 e. The molecular weight excluding hydrogens is 321 g/mol. The zero-order valence-corrected chi connectivity index (χ0v) is 12.7. The van der Waals surface area contributed by atoms with Gasteiger partial charge in [-0.2, -0.15) is 0 Å². The van der Waals surface area contributed by atoms with Gasteiger partial charge in [-0.3, -0.25) is 4.79 Å². The van der Waals surface area contributed by atoms with Gasteiger partial charge in [0.15, 0.2) is 0 Å². The van der Waals surface area contributed by atoms with Crippen molar-refractivity contribution >= 4 is 21.8 Å². The number of hydrogen-bond donors (Lipinski definition) is 1. The lowest BCUT2D eigenvalue weighted by atomic mass is 10.0. The average Bonchev–Trinajstić information content (AvgIpc) is 2.48. The van der Waals surface area contributed by atoms with Crippen molar-refractivity contribution in [2.24, 2.45) is 0 Å². The average molecular weight is 336 g/mol. The van der Waals surface area contributed by atoms with Crippen LogP contribution in [0.15, 0.2) is 53.0 Å². The smallest absolute Gasteiger partial charge is 0.251 e. The molecule has 0 spiro atoms. The van der Waals surface area contributed by atoms with Crippen LogP contribution in [0.3, 0.4) is 0 Å². The van der Waals surface area contributed by atoms with E-state index in [0.717, 1.165) is 0 Å². The first kappa shape index (κ1) is 14.7. The predicted octanol–water partition coefficient (Wildman–Crippen LogP) is 4.12. The van der Waals surface area contributed by atoms with E-state index in [1.54, 1.807) is 0 Å². The van der Waals surface area contributed by atoms with Gasteiger partial charge >= 0.3 is 0 Å². The highest BCUT2D eigenvalue weighted by Gasteiger charge is 2.10. The van der Waals surface area contributed by atoms with Gasteiger partial charge in [0, 0.05) is 12.1 Å². The SMILES string of the molecule is CC(CNC(=O)c1ccc(F)c(Br)c1)c1ccccc1. The molecule has 2 nitrogen and oxygen atoms in total. The Hall–Kier alpha value is -1.68. The molecule has 0 aromatic heterocycles. The highest BCUT2D eigenvalue weighted by Crippen LogP contribution is 2.17. The highest BCUT2D eigenvalue weighted by atomic mass is 79.9. The molecule has 0 saturated heterocycles. The van der Waals surface area contributed by atoms with E-state index in [1.807, 2.05) is 30.3 Å². The zero-order valence-electron chi connectivity index (χ0n) is 11.1. The van der Waals surface area contributed by atoms with Gasteiger partial charge in [-0.1, -0.05) is 37.3 Å². The van der Waals surface area contributed by atoms with Crippen LogP contribution in [-0.4, -0.2) is 12.5 Å². The maximum atomic E-state index is 13.1. The zero-order chi connectivity index (χ0) is 14.5. The van der Waals surface area contributed by atoms with Crippen LogP contribution in [0.4, 0.5) is 4.39 Å².